The van der Waals surface area contributed by atoms with Crippen molar-refractivity contribution in [1.29, 1.82) is 0 Å². The number of nitrogens with zero attached hydrogens (tertiary/aromatic N) is 4. The summed E-state index contributed by atoms with van der Waals surface area (Å²) in [5.41, 5.74) is -0.915. The van der Waals surface area contributed by atoms with Gasteiger partial charge in [-0.2, -0.15) is 13.2 Å². The van der Waals surface area contributed by atoms with E-state index >= 15 is 0 Å². The van der Waals surface area contributed by atoms with E-state index in [0.29, 0.717) is 38.8 Å². The molecule has 2 fully saturated rings. The molecule has 2 saturated heterocycles. The minimum atomic E-state index is -4.47. The largest absolute Gasteiger partial charge is 0.433 e. The molecule has 0 bridgehead atoms. The van der Waals surface area contributed by atoms with Gasteiger partial charge in [-0.3, -0.25) is 4.79 Å². The van der Waals surface area contributed by atoms with Crippen LogP contribution in [0.15, 0.2) is 12.3 Å². The summed E-state index contributed by atoms with van der Waals surface area (Å²) in [5.74, 6) is 0.436. The number of hydrogen-bond donors (Lipinski definition) is 0. The van der Waals surface area contributed by atoms with Gasteiger partial charge in [0.25, 0.3) is 0 Å². The summed E-state index contributed by atoms with van der Waals surface area (Å²) in [4.78, 5) is 22.8. The van der Waals surface area contributed by atoms with E-state index in [1.165, 1.54) is 0 Å². The maximum Gasteiger partial charge on any atom is 0.433 e. The number of aromatic nitrogens is 2. The molecular formula is C18H25F3N4O2. The monoisotopic (exact) mass is 386 g/mol. The fraction of sp³-hybridized carbons (Fsp3) is 0.722. The van der Waals surface area contributed by atoms with Crippen LogP contribution in [0.25, 0.3) is 0 Å². The maximum atomic E-state index is 12.9. The number of hydrogen-bond acceptors (Lipinski definition) is 5. The highest BCUT2D eigenvalue weighted by molar-refractivity contribution is 5.47. The van der Waals surface area contributed by atoms with E-state index in [9.17, 15) is 18.0 Å². The van der Waals surface area contributed by atoms with Crippen LogP contribution in [-0.2, 0) is 15.7 Å². The predicted molar refractivity (Wildman–Crippen MR) is 93.2 cm³/mol. The van der Waals surface area contributed by atoms with Crippen molar-refractivity contribution in [3.05, 3.63) is 18.0 Å². The van der Waals surface area contributed by atoms with Crippen LogP contribution < -0.4 is 4.90 Å². The van der Waals surface area contributed by atoms with Gasteiger partial charge in [0.2, 0.25) is 12.4 Å². The Morgan fingerprint density at radius 2 is 2.07 bits per heavy atom. The molecule has 2 aliphatic rings. The number of piperidine rings is 1. The van der Waals surface area contributed by atoms with Gasteiger partial charge in [0.15, 0.2) is 0 Å². The third-order valence-electron chi connectivity index (χ3n) is 5.33. The Morgan fingerprint density at radius 3 is 2.78 bits per heavy atom. The van der Waals surface area contributed by atoms with E-state index in [2.05, 4.69) is 9.97 Å². The zero-order valence-electron chi connectivity index (χ0n) is 15.2. The lowest BCUT2D eigenvalue weighted by Crippen LogP contribution is -2.42. The third-order valence-corrected chi connectivity index (χ3v) is 5.33. The van der Waals surface area contributed by atoms with Crippen molar-refractivity contribution in [2.24, 2.45) is 5.92 Å². The Kier molecular flexibility index (Phi) is 6.51. The van der Waals surface area contributed by atoms with Gasteiger partial charge in [0.05, 0.1) is 0 Å². The summed E-state index contributed by atoms with van der Waals surface area (Å²) in [5, 5.41) is 0. The molecule has 0 N–H and O–H groups in total. The average Bonchev–Trinajstić information content (AvgIpc) is 2.69. The molecule has 27 heavy (non-hydrogen) atoms. The number of alkyl halides is 3. The van der Waals surface area contributed by atoms with Crippen LogP contribution in [0.2, 0.25) is 0 Å². The molecule has 0 spiro atoms. The van der Waals surface area contributed by atoms with Gasteiger partial charge >= 0.3 is 6.18 Å². The van der Waals surface area contributed by atoms with E-state index in [-0.39, 0.29) is 12.0 Å². The molecule has 6 nitrogen and oxygen atoms in total. The summed E-state index contributed by atoms with van der Waals surface area (Å²) in [6.07, 6.45) is 2.01. The minimum Gasteiger partial charge on any atom is -0.381 e. The quantitative estimate of drug-likeness (QED) is 0.704. The van der Waals surface area contributed by atoms with E-state index in [4.69, 9.17) is 4.74 Å². The predicted octanol–water partition coefficient (Wildman–Crippen LogP) is 2.74. The van der Waals surface area contributed by atoms with E-state index in [1.54, 1.807) is 0 Å². The van der Waals surface area contributed by atoms with E-state index in [0.717, 1.165) is 50.8 Å². The first-order chi connectivity index (χ1) is 13.0. The fourth-order valence-corrected chi connectivity index (χ4v) is 3.81. The van der Waals surface area contributed by atoms with Crippen molar-refractivity contribution in [1.82, 2.24) is 14.9 Å². The highest BCUT2D eigenvalue weighted by Crippen LogP contribution is 2.29. The number of halogens is 3. The van der Waals surface area contributed by atoms with Gasteiger partial charge in [-0.1, -0.05) is 0 Å². The van der Waals surface area contributed by atoms with Crippen LogP contribution in [0.4, 0.5) is 19.1 Å². The van der Waals surface area contributed by atoms with Gasteiger partial charge in [-0.25, -0.2) is 9.97 Å². The number of amides is 1. The van der Waals surface area contributed by atoms with Crippen LogP contribution >= 0.6 is 0 Å². The second-order valence-electron chi connectivity index (χ2n) is 7.17. The molecule has 0 radical (unpaired) electrons. The number of ether oxygens (including phenoxy) is 1. The molecule has 0 aromatic carbocycles. The highest BCUT2D eigenvalue weighted by atomic mass is 19.4. The molecule has 1 amide bonds. The first-order valence-corrected chi connectivity index (χ1v) is 9.41. The van der Waals surface area contributed by atoms with Crippen molar-refractivity contribution in [2.75, 3.05) is 37.7 Å². The molecule has 3 heterocycles. The molecule has 0 saturated carbocycles. The van der Waals surface area contributed by atoms with Gasteiger partial charge in [-0.15, -0.1) is 0 Å². The lowest BCUT2D eigenvalue weighted by Gasteiger charge is -2.35. The first kappa shape index (κ1) is 19.9. The van der Waals surface area contributed by atoms with Crippen molar-refractivity contribution < 1.29 is 22.7 Å². The number of rotatable bonds is 6. The maximum absolute atomic E-state index is 12.9. The molecule has 1 atom stereocenters. The van der Waals surface area contributed by atoms with Crippen LogP contribution in [-0.4, -0.2) is 60.2 Å². The molecule has 1 unspecified atom stereocenters. The lowest BCUT2D eigenvalue weighted by atomic mass is 9.94. The SMILES string of the molecule is O=CN(CCC1CCCN(c2nccc(C(F)(F)F)n2)C1)C1CCOCC1. The second-order valence-corrected chi connectivity index (χ2v) is 7.17. The minimum absolute atomic E-state index is 0.131. The molecule has 2 aliphatic heterocycles. The van der Waals surface area contributed by atoms with Gasteiger partial charge < -0.3 is 14.5 Å². The topological polar surface area (TPSA) is 58.6 Å². The number of carbonyl (C=O) groups is 1. The standard InChI is InChI=1S/C18H25F3N4O2/c19-18(20,21)16-3-7-22-17(23-16)24-8-1-2-14(12-24)4-9-25(13-26)15-5-10-27-11-6-15/h3,7,13-15H,1-2,4-6,8-12H2. The van der Waals surface area contributed by atoms with Crippen LogP contribution in [0.3, 0.4) is 0 Å². The summed E-state index contributed by atoms with van der Waals surface area (Å²) < 4.78 is 44.0. The van der Waals surface area contributed by atoms with E-state index < -0.39 is 11.9 Å². The molecular weight excluding hydrogens is 361 g/mol. The fourth-order valence-electron chi connectivity index (χ4n) is 3.81. The molecule has 9 heteroatoms. The molecule has 3 rings (SSSR count). The summed E-state index contributed by atoms with van der Waals surface area (Å²) in [6.45, 7) is 3.28. The Balaban J connectivity index is 1.57. The number of anilines is 1. The Hall–Kier alpha value is -1.90. The van der Waals surface area contributed by atoms with Crippen molar-refractivity contribution >= 4 is 12.4 Å². The van der Waals surface area contributed by atoms with Crippen molar-refractivity contribution in [3.8, 4) is 0 Å². The smallest absolute Gasteiger partial charge is 0.381 e. The van der Waals surface area contributed by atoms with Gasteiger partial charge in [-0.05, 0) is 44.1 Å². The Morgan fingerprint density at radius 1 is 1.30 bits per heavy atom. The van der Waals surface area contributed by atoms with Crippen LogP contribution in [0.1, 0.15) is 37.8 Å². The molecule has 150 valence electrons. The molecule has 1 aromatic heterocycles. The lowest BCUT2D eigenvalue weighted by molar-refractivity contribution is -0.141. The summed E-state index contributed by atoms with van der Waals surface area (Å²) >= 11 is 0. The van der Waals surface area contributed by atoms with Gasteiger partial charge in [0.1, 0.15) is 5.69 Å². The zero-order chi connectivity index (χ0) is 19.3. The molecule has 1 aromatic rings. The summed E-state index contributed by atoms with van der Waals surface area (Å²) in [7, 11) is 0. The molecule has 0 aliphatic carbocycles. The van der Waals surface area contributed by atoms with Crippen LogP contribution in [0.5, 0.6) is 0 Å². The zero-order valence-corrected chi connectivity index (χ0v) is 15.2. The normalized spacial score (nSPS) is 21.9. The first-order valence-electron chi connectivity index (χ1n) is 9.41. The Labute approximate surface area is 156 Å². The third kappa shape index (κ3) is 5.31. The summed E-state index contributed by atoms with van der Waals surface area (Å²) in [6, 6.07) is 1.11. The van der Waals surface area contributed by atoms with Crippen LogP contribution in [0, 0.1) is 5.92 Å². The van der Waals surface area contributed by atoms with E-state index in [1.807, 2.05) is 9.80 Å². The second kappa shape index (κ2) is 8.86. The van der Waals surface area contributed by atoms with Crippen molar-refractivity contribution in [2.45, 2.75) is 44.3 Å². The number of carbonyl (C=O) groups excluding carboxylic acids is 1. The highest BCUT2D eigenvalue weighted by Gasteiger charge is 2.33. The Bertz CT molecular complexity index is 623. The average molecular weight is 386 g/mol. The van der Waals surface area contributed by atoms with Crippen molar-refractivity contribution in [3.63, 3.8) is 0 Å². The van der Waals surface area contributed by atoms with Gasteiger partial charge in [0, 0.05) is 45.1 Å².